The van der Waals surface area contributed by atoms with Crippen molar-refractivity contribution in [3.8, 4) is 0 Å². The number of fused-ring (bicyclic) bond motifs is 1. The molecule has 0 saturated carbocycles. The molecule has 4 nitrogen and oxygen atoms in total. The summed E-state index contributed by atoms with van der Waals surface area (Å²) >= 11 is 0. The highest BCUT2D eigenvalue weighted by molar-refractivity contribution is 6.89. The minimum atomic E-state index is -1.63. The van der Waals surface area contributed by atoms with Gasteiger partial charge in [-0.1, -0.05) is 56.7 Å². The van der Waals surface area contributed by atoms with E-state index in [0.717, 1.165) is 12.0 Å². The van der Waals surface area contributed by atoms with Crippen molar-refractivity contribution in [1.29, 1.82) is 0 Å². The van der Waals surface area contributed by atoms with Gasteiger partial charge in [0.05, 0.1) is 22.3 Å². The number of aryl methyl sites for hydroxylation is 1. The predicted molar refractivity (Wildman–Crippen MR) is 107 cm³/mol. The van der Waals surface area contributed by atoms with E-state index in [2.05, 4.69) is 38.7 Å². The summed E-state index contributed by atoms with van der Waals surface area (Å²) in [5.41, 5.74) is 2.37. The van der Waals surface area contributed by atoms with Crippen molar-refractivity contribution >= 4 is 25.2 Å². The van der Waals surface area contributed by atoms with Gasteiger partial charge in [-0.15, -0.1) is 0 Å². The zero-order valence-electron chi connectivity index (χ0n) is 17.0. The van der Waals surface area contributed by atoms with Crippen molar-refractivity contribution in [2.45, 2.75) is 65.1 Å². The highest BCUT2D eigenvalue weighted by Crippen LogP contribution is 2.40. The molecule has 1 aromatic carbocycles. The van der Waals surface area contributed by atoms with Gasteiger partial charge in [0.2, 0.25) is 0 Å². The molecule has 1 aliphatic rings. The number of hydrogen-bond acceptors (Lipinski definition) is 4. The second-order valence-electron chi connectivity index (χ2n) is 8.41. The molecule has 0 heterocycles. The Hall–Kier alpha value is -1.62. The van der Waals surface area contributed by atoms with Gasteiger partial charge in [0.25, 0.3) is 0 Å². The first-order chi connectivity index (χ1) is 12.2. The maximum absolute atomic E-state index is 12.5. The molecule has 0 radical (unpaired) electrons. The second kappa shape index (κ2) is 7.95. The summed E-state index contributed by atoms with van der Waals surface area (Å²) in [6.45, 7) is 9.15. The highest BCUT2D eigenvalue weighted by atomic mass is 28.3. The second-order valence-corrected chi connectivity index (χ2v) is 13.4. The van der Waals surface area contributed by atoms with Crippen LogP contribution in [0.4, 0.5) is 0 Å². The molecule has 0 amide bonds. The minimum absolute atomic E-state index is 0.376. The standard InChI is InChI=1S/C21H32O4Si/c1-7-8-9-10-15-11-16-13-21(19(22)24-2,20(23)25-3)14-17(16)18(12-15)26(4,5)6/h11-12H,7-10,13-14H2,1-6H3. The maximum Gasteiger partial charge on any atom is 0.323 e. The van der Waals surface area contributed by atoms with Gasteiger partial charge < -0.3 is 9.47 Å². The van der Waals surface area contributed by atoms with Gasteiger partial charge in [0.1, 0.15) is 0 Å². The molecule has 5 heteroatoms. The van der Waals surface area contributed by atoms with E-state index in [0.29, 0.717) is 12.8 Å². The van der Waals surface area contributed by atoms with Crippen LogP contribution >= 0.6 is 0 Å². The fourth-order valence-electron chi connectivity index (χ4n) is 4.01. The van der Waals surface area contributed by atoms with E-state index in [-0.39, 0.29) is 0 Å². The first-order valence-corrected chi connectivity index (χ1v) is 13.0. The Bertz CT molecular complexity index is 672. The summed E-state index contributed by atoms with van der Waals surface area (Å²) in [5, 5.41) is 1.36. The molecule has 0 spiro atoms. The molecule has 0 aliphatic heterocycles. The number of methoxy groups -OCH3 is 2. The van der Waals surface area contributed by atoms with Gasteiger partial charge in [0.15, 0.2) is 5.41 Å². The van der Waals surface area contributed by atoms with Crippen molar-refractivity contribution in [2.75, 3.05) is 14.2 Å². The van der Waals surface area contributed by atoms with Crippen molar-refractivity contribution < 1.29 is 19.1 Å². The van der Waals surface area contributed by atoms with Gasteiger partial charge in [0, 0.05) is 0 Å². The van der Waals surface area contributed by atoms with Crippen LogP contribution in [0, 0.1) is 5.41 Å². The molecule has 0 fully saturated rings. The minimum Gasteiger partial charge on any atom is -0.468 e. The molecule has 1 aliphatic carbocycles. The summed E-state index contributed by atoms with van der Waals surface area (Å²) in [7, 11) is 1.05. The molecule has 0 unspecified atom stereocenters. The molecule has 0 N–H and O–H groups in total. The normalized spacial score (nSPS) is 15.5. The van der Waals surface area contributed by atoms with E-state index in [4.69, 9.17) is 9.47 Å². The van der Waals surface area contributed by atoms with E-state index in [1.807, 2.05) is 0 Å². The van der Waals surface area contributed by atoms with Crippen LogP contribution in [0.3, 0.4) is 0 Å². The van der Waals surface area contributed by atoms with E-state index >= 15 is 0 Å². The third-order valence-electron chi connectivity index (χ3n) is 5.40. The molecule has 26 heavy (non-hydrogen) atoms. The third-order valence-corrected chi connectivity index (χ3v) is 7.46. The zero-order chi connectivity index (χ0) is 19.5. The molecule has 0 atom stereocenters. The summed E-state index contributed by atoms with van der Waals surface area (Å²) in [4.78, 5) is 25.1. The largest absolute Gasteiger partial charge is 0.468 e. The van der Waals surface area contributed by atoms with E-state index < -0.39 is 25.4 Å². The maximum atomic E-state index is 12.5. The van der Waals surface area contributed by atoms with Gasteiger partial charge in [-0.3, -0.25) is 9.59 Å². The third kappa shape index (κ3) is 3.87. The molecule has 144 valence electrons. The Morgan fingerprint density at radius 3 is 2.15 bits per heavy atom. The van der Waals surface area contributed by atoms with Crippen LogP contribution in [0.15, 0.2) is 12.1 Å². The lowest BCUT2D eigenvalue weighted by molar-refractivity contribution is -0.168. The zero-order valence-corrected chi connectivity index (χ0v) is 18.0. The Morgan fingerprint density at radius 2 is 1.65 bits per heavy atom. The van der Waals surface area contributed by atoms with Crippen molar-refractivity contribution in [3.05, 3.63) is 28.8 Å². The van der Waals surface area contributed by atoms with Crippen LogP contribution in [0.2, 0.25) is 19.6 Å². The smallest absolute Gasteiger partial charge is 0.323 e. The SMILES string of the molecule is CCCCCc1cc2c(c([Si](C)(C)C)c1)CC(C(=O)OC)(C(=O)OC)C2. The van der Waals surface area contributed by atoms with Crippen LogP contribution in [-0.4, -0.2) is 34.2 Å². The number of rotatable bonds is 7. The highest BCUT2D eigenvalue weighted by Gasteiger charge is 2.53. The molecular formula is C21H32O4Si. The van der Waals surface area contributed by atoms with Crippen LogP contribution in [0.5, 0.6) is 0 Å². The van der Waals surface area contributed by atoms with Crippen LogP contribution in [-0.2, 0) is 38.3 Å². The average Bonchev–Trinajstić information content (AvgIpc) is 2.99. The summed E-state index contributed by atoms with van der Waals surface area (Å²) in [6.07, 6.45) is 5.38. The molecule has 2 rings (SSSR count). The monoisotopic (exact) mass is 376 g/mol. The van der Waals surface area contributed by atoms with E-state index in [1.165, 1.54) is 49.8 Å². The Labute approximate surface area is 158 Å². The number of hydrogen-bond donors (Lipinski definition) is 0. The van der Waals surface area contributed by atoms with Crippen LogP contribution in [0.1, 0.15) is 42.9 Å². The number of unbranched alkanes of at least 4 members (excludes halogenated alkanes) is 2. The molecule has 0 aromatic heterocycles. The Kier molecular flexibility index (Phi) is 6.32. The van der Waals surface area contributed by atoms with Crippen molar-refractivity contribution in [3.63, 3.8) is 0 Å². The lowest BCUT2D eigenvalue weighted by Gasteiger charge is -2.24. The van der Waals surface area contributed by atoms with E-state index in [9.17, 15) is 9.59 Å². The van der Waals surface area contributed by atoms with Crippen molar-refractivity contribution in [1.82, 2.24) is 0 Å². The average molecular weight is 377 g/mol. The topological polar surface area (TPSA) is 52.6 Å². The first kappa shape index (κ1) is 20.7. The number of ether oxygens (including phenoxy) is 2. The van der Waals surface area contributed by atoms with Gasteiger partial charge in [-0.05, 0) is 42.4 Å². The van der Waals surface area contributed by atoms with Crippen LogP contribution in [0.25, 0.3) is 0 Å². The molecule has 0 bridgehead atoms. The number of benzene rings is 1. The fraction of sp³-hybridized carbons (Fsp3) is 0.619. The number of esters is 2. The predicted octanol–water partition coefficient (Wildman–Crippen LogP) is 3.40. The number of carbonyl (C=O) groups excluding carboxylic acids is 2. The molecule has 1 aromatic rings. The van der Waals surface area contributed by atoms with Crippen LogP contribution < -0.4 is 5.19 Å². The Morgan fingerprint density at radius 1 is 1.04 bits per heavy atom. The van der Waals surface area contributed by atoms with Gasteiger partial charge >= 0.3 is 11.9 Å². The number of carbonyl (C=O) groups is 2. The molecular weight excluding hydrogens is 344 g/mol. The molecule has 0 saturated heterocycles. The quantitative estimate of drug-likeness (QED) is 0.317. The van der Waals surface area contributed by atoms with Gasteiger partial charge in [-0.25, -0.2) is 0 Å². The summed E-state index contributed by atoms with van der Waals surface area (Å²) < 4.78 is 10.00. The summed E-state index contributed by atoms with van der Waals surface area (Å²) in [5.74, 6) is -0.982. The lowest BCUT2D eigenvalue weighted by atomic mass is 9.85. The first-order valence-electron chi connectivity index (χ1n) is 9.51. The van der Waals surface area contributed by atoms with E-state index in [1.54, 1.807) is 0 Å². The lowest BCUT2D eigenvalue weighted by Crippen LogP contribution is -2.44. The Balaban J connectivity index is 2.51. The van der Waals surface area contributed by atoms with Crippen molar-refractivity contribution in [2.24, 2.45) is 5.41 Å². The summed E-state index contributed by atoms with van der Waals surface area (Å²) in [6, 6.07) is 4.52. The fourth-order valence-corrected chi connectivity index (χ4v) is 5.78. The van der Waals surface area contributed by atoms with Gasteiger partial charge in [-0.2, -0.15) is 0 Å².